The molecule has 0 saturated carbocycles. The lowest BCUT2D eigenvalue weighted by Crippen LogP contribution is -2.37. The van der Waals surface area contributed by atoms with Gasteiger partial charge in [0.05, 0.1) is 5.97 Å². The molecule has 1 aromatic carbocycles. The van der Waals surface area contributed by atoms with Crippen LogP contribution in [0.2, 0.25) is 5.02 Å². The standard InChI is InChI=1S/C9H9ClO3/c1-6(9(11)12)13-8-4-2-3-7(10)5-8/h2-6H,1H3,(H,11,12)/p-1/t6-/m1/s1. The van der Waals surface area contributed by atoms with Gasteiger partial charge in [-0.25, -0.2) is 0 Å². The fraction of sp³-hybridized carbons (Fsp3) is 0.222. The summed E-state index contributed by atoms with van der Waals surface area (Å²) in [5.41, 5.74) is 0. The van der Waals surface area contributed by atoms with E-state index in [1.165, 1.54) is 6.92 Å². The van der Waals surface area contributed by atoms with Gasteiger partial charge in [0.25, 0.3) is 0 Å². The minimum Gasteiger partial charge on any atom is -0.546 e. The van der Waals surface area contributed by atoms with E-state index in [1.807, 2.05) is 0 Å². The molecule has 0 aliphatic heterocycles. The molecule has 0 aromatic heterocycles. The Morgan fingerprint density at radius 1 is 1.62 bits per heavy atom. The summed E-state index contributed by atoms with van der Waals surface area (Å²) in [5, 5.41) is 10.8. The molecule has 0 amide bonds. The van der Waals surface area contributed by atoms with E-state index in [0.29, 0.717) is 10.8 Å². The van der Waals surface area contributed by atoms with Crippen LogP contribution in [-0.2, 0) is 4.79 Å². The zero-order chi connectivity index (χ0) is 9.84. The van der Waals surface area contributed by atoms with E-state index in [2.05, 4.69) is 0 Å². The van der Waals surface area contributed by atoms with Crippen molar-refractivity contribution in [3.8, 4) is 5.75 Å². The van der Waals surface area contributed by atoms with Gasteiger partial charge in [0, 0.05) is 5.02 Å². The molecule has 0 spiro atoms. The minimum atomic E-state index is -1.25. The maximum absolute atomic E-state index is 10.3. The minimum absolute atomic E-state index is 0.421. The molecule has 1 aromatic rings. The van der Waals surface area contributed by atoms with Crippen LogP contribution in [0.25, 0.3) is 0 Å². The second-order valence-corrected chi connectivity index (χ2v) is 2.97. The van der Waals surface area contributed by atoms with Gasteiger partial charge in [-0.1, -0.05) is 17.7 Å². The van der Waals surface area contributed by atoms with Crippen LogP contribution in [0.5, 0.6) is 5.75 Å². The first-order valence-corrected chi connectivity index (χ1v) is 4.10. The highest BCUT2D eigenvalue weighted by molar-refractivity contribution is 6.30. The van der Waals surface area contributed by atoms with Gasteiger partial charge >= 0.3 is 0 Å². The number of carbonyl (C=O) groups is 1. The molecule has 1 rings (SSSR count). The van der Waals surface area contributed by atoms with E-state index >= 15 is 0 Å². The van der Waals surface area contributed by atoms with Crippen LogP contribution in [0, 0.1) is 0 Å². The number of hydrogen-bond donors (Lipinski definition) is 0. The Morgan fingerprint density at radius 2 is 2.31 bits per heavy atom. The highest BCUT2D eigenvalue weighted by atomic mass is 35.5. The number of rotatable bonds is 3. The zero-order valence-corrected chi connectivity index (χ0v) is 7.75. The van der Waals surface area contributed by atoms with E-state index in [4.69, 9.17) is 16.3 Å². The van der Waals surface area contributed by atoms with Crippen molar-refractivity contribution in [2.24, 2.45) is 0 Å². The molecule has 1 atom stereocenters. The first-order valence-electron chi connectivity index (χ1n) is 3.72. The second-order valence-electron chi connectivity index (χ2n) is 2.54. The van der Waals surface area contributed by atoms with Gasteiger partial charge < -0.3 is 14.6 Å². The third-order valence-corrected chi connectivity index (χ3v) is 1.68. The monoisotopic (exact) mass is 199 g/mol. The molecular weight excluding hydrogens is 192 g/mol. The Bertz CT molecular complexity index is 311. The average Bonchev–Trinajstić information content (AvgIpc) is 2.04. The molecule has 0 N–H and O–H groups in total. The number of ether oxygens (including phenoxy) is 1. The van der Waals surface area contributed by atoms with Gasteiger partial charge in [0.15, 0.2) is 0 Å². The summed E-state index contributed by atoms with van der Waals surface area (Å²) >= 11 is 5.66. The normalized spacial score (nSPS) is 12.2. The molecule has 70 valence electrons. The second kappa shape index (κ2) is 4.14. The lowest BCUT2D eigenvalue weighted by atomic mass is 10.3. The van der Waals surface area contributed by atoms with Gasteiger partial charge in [-0.2, -0.15) is 0 Å². The summed E-state index contributed by atoms with van der Waals surface area (Å²) in [6, 6.07) is 6.53. The largest absolute Gasteiger partial charge is 0.546 e. The molecule has 0 unspecified atom stereocenters. The quantitative estimate of drug-likeness (QED) is 0.726. The van der Waals surface area contributed by atoms with Crippen molar-refractivity contribution in [2.45, 2.75) is 13.0 Å². The van der Waals surface area contributed by atoms with Gasteiger partial charge in [-0.3, -0.25) is 0 Å². The number of aliphatic carboxylic acids is 1. The lowest BCUT2D eigenvalue weighted by Gasteiger charge is -2.15. The highest BCUT2D eigenvalue weighted by Gasteiger charge is 2.04. The predicted molar refractivity (Wildman–Crippen MR) is 46.5 cm³/mol. The summed E-state index contributed by atoms with van der Waals surface area (Å²) in [6.45, 7) is 1.40. The molecule has 0 aliphatic carbocycles. The summed E-state index contributed by atoms with van der Waals surface area (Å²) in [5.74, 6) is -0.829. The number of carboxylic acid groups (broad SMARTS) is 1. The topological polar surface area (TPSA) is 49.4 Å². The summed E-state index contributed by atoms with van der Waals surface area (Å²) < 4.78 is 5.01. The van der Waals surface area contributed by atoms with Gasteiger partial charge in [-0.05, 0) is 25.1 Å². The number of hydrogen-bond acceptors (Lipinski definition) is 3. The van der Waals surface area contributed by atoms with Crippen molar-refractivity contribution in [1.82, 2.24) is 0 Å². The van der Waals surface area contributed by atoms with Crippen molar-refractivity contribution < 1.29 is 14.6 Å². The van der Waals surface area contributed by atoms with E-state index in [-0.39, 0.29) is 0 Å². The van der Waals surface area contributed by atoms with Crippen molar-refractivity contribution in [3.05, 3.63) is 29.3 Å². The fourth-order valence-corrected chi connectivity index (χ4v) is 0.973. The molecule has 0 radical (unpaired) electrons. The third-order valence-electron chi connectivity index (χ3n) is 1.44. The first kappa shape index (κ1) is 9.86. The van der Waals surface area contributed by atoms with E-state index in [9.17, 15) is 9.90 Å². The third kappa shape index (κ3) is 2.95. The molecule has 3 nitrogen and oxygen atoms in total. The maximum Gasteiger partial charge on any atom is 0.135 e. The number of benzene rings is 1. The van der Waals surface area contributed by atoms with Gasteiger partial charge in [0.1, 0.15) is 11.9 Å². The Hall–Kier alpha value is -1.22. The Morgan fingerprint density at radius 3 is 2.85 bits per heavy atom. The van der Waals surface area contributed by atoms with Crippen molar-refractivity contribution in [2.75, 3.05) is 0 Å². The van der Waals surface area contributed by atoms with Crippen LogP contribution < -0.4 is 9.84 Å². The molecule has 4 heteroatoms. The molecule has 0 bridgehead atoms. The van der Waals surface area contributed by atoms with Crippen LogP contribution in [0.15, 0.2) is 24.3 Å². The Labute approximate surface area is 80.9 Å². The van der Waals surface area contributed by atoms with Crippen LogP contribution in [-0.4, -0.2) is 12.1 Å². The number of carboxylic acids is 1. The SMILES string of the molecule is C[C@@H](Oc1cccc(Cl)c1)C(=O)[O-]. The number of halogens is 1. The molecule has 0 heterocycles. The molecular formula is C9H8ClO3-. The highest BCUT2D eigenvalue weighted by Crippen LogP contribution is 2.17. The summed E-state index contributed by atoms with van der Waals surface area (Å²) in [6.07, 6.45) is -0.974. The summed E-state index contributed by atoms with van der Waals surface area (Å²) in [4.78, 5) is 10.3. The van der Waals surface area contributed by atoms with Crippen LogP contribution in [0.4, 0.5) is 0 Å². The van der Waals surface area contributed by atoms with Gasteiger partial charge in [-0.15, -0.1) is 0 Å². The van der Waals surface area contributed by atoms with Crippen LogP contribution in [0.1, 0.15) is 6.92 Å². The molecule has 0 aliphatic rings. The first-order chi connectivity index (χ1) is 6.09. The number of carbonyl (C=O) groups excluding carboxylic acids is 1. The lowest BCUT2D eigenvalue weighted by molar-refractivity contribution is -0.312. The van der Waals surface area contributed by atoms with E-state index in [0.717, 1.165) is 0 Å². The van der Waals surface area contributed by atoms with Crippen molar-refractivity contribution >= 4 is 17.6 Å². The Kier molecular flexibility index (Phi) is 3.14. The average molecular weight is 200 g/mol. The predicted octanol–water partition coefficient (Wildman–Crippen LogP) is 0.857. The van der Waals surface area contributed by atoms with Crippen molar-refractivity contribution in [1.29, 1.82) is 0 Å². The van der Waals surface area contributed by atoms with E-state index < -0.39 is 12.1 Å². The van der Waals surface area contributed by atoms with Crippen molar-refractivity contribution in [3.63, 3.8) is 0 Å². The fourth-order valence-electron chi connectivity index (χ4n) is 0.793. The molecule has 0 fully saturated rings. The Balaban J connectivity index is 2.69. The van der Waals surface area contributed by atoms with Crippen LogP contribution in [0.3, 0.4) is 0 Å². The smallest absolute Gasteiger partial charge is 0.135 e. The van der Waals surface area contributed by atoms with E-state index in [1.54, 1.807) is 24.3 Å². The van der Waals surface area contributed by atoms with Crippen LogP contribution >= 0.6 is 11.6 Å². The summed E-state index contributed by atoms with van der Waals surface area (Å²) in [7, 11) is 0. The molecule has 13 heavy (non-hydrogen) atoms. The maximum atomic E-state index is 10.3. The molecule has 0 saturated heterocycles. The zero-order valence-electron chi connectivity index (χ0n) is 6.99. The van der Waals surface area contributed by atoms with Gasteiger partial charge in [0.2, 0.25) is 0 Å².